The molecule has 2 heterocycles. The molecule has 0 aromatic heterocycles. The van der Waals surface area contributed by atoms with Crippen molar-refractivity contribution in [3.63, 3.8) is 0 Å². The predicted octanol–water partition coefficient (Wildman–Crippen LogP) is 2.29. The largest absolute Gasteiger partial charge is 0.459 e. The van der Waals surface area contributed by atoms with Gasteiger partial charge in [-0.1, -0.05) is 34.6 Å². The van der Waals surface area contributed by atoms with Gasteiger partial charge in [0.25, 0.3) is 0 Å². The Bertz CT molecular complexity index is 886. The Morgan fingerprint density at radius 1 is 1.10 bits per heavy atom. The third kappa shape index (κ3) is 7.99. The number of carbonyl (C=O) groups is 1. The van der Waals surface area contributed by atoms with Gasteiger partial charge in [-0.05, 0) is 72.4 Å². The van der Waals surface area contributed by atoms with E-state index in [1.807, 2.05) is 46.7 Å². The number of esters is 1. The van der Waals surface area contributed by atoms with E-state index >= 15 is 0 Å². The molecule has 0 aliphatic carbocycles. The maximum absolute atomic E-state index is 13.3. The van der Waals surface area contributed by atoms with Gasteiger partial charge in [0.2, 0.25) is 0 Å². The van der Waals surface area contributed by atoms with Gasteiger partial charge in [-0.15, -0.1) is 0 Å². The number of cyclic esters (lactones) is 1. The molecule has 5 N–H and O–H groups in total. The van der Waals surface area contributed by atoms with Crippen LogP contribution in [-0.2, 0) is 23.7 Å². The SMILES string of the molecule is CC[C@H]1OC(=O)[C@H](C)C[C@H](C)[C@@H](OC2OC(C)CC(N(C)C)C2O)[C@](C)(OC)C[C@@H](C)/C(=N\N)[C@H](C)[C@@H](O)[C@]1(C)O. The summed E-state index contributed by atoms with van der Waals surface area (Å²) in [4.78, 5) is 15.3. The molecular weight excluding hydrogens is 530 g/mol. The zero-order chi connectivity index (χ0) is 31.4. The quantitative estimate of drug-likeness (QED) is 0.214. The minimum Gasteiger partial charge on any atom is -0.459 e. The van der Waals surface area contributed by atoms with Gasteiger partial charge < -0.3 is 45.0 Å². The first-order valence-corrected chi connectivity index (χ1v) is 15.0. The molecule has 11 heteroatoms. The minimum absolute atomic E-state index is 0.136. The second-order valence-corrected chi connectivity index (χ2v) is 13.2. The molecule has 0 aromatic rings. The topological polar surface area (TPSA) is 156 Å². The first-order chi connectivity index (χ1) is 18.9. The smallest absolute Gasteiger partial charge is 0.309 e. The maximum atomic E-state index is 13.3. The summed E-state index contributed by atoms with van der Waals surface area (Å²) in [6.45, 7) is 14.6. The van der Waals surface area contributed by atoms with Gasteiger partial charge >= 0.3 is 5.97 Å². The van der Waals surface area contributed by atoms with E-state index < -0.39 is 59.7 Å². The average Bonchev–Trinajstić information content (AvgIpc) is 2.90. The number of aliphatic hydroxyl groups is 3. The molecule has 2 rings (SSSR count). The maximum Gasteiger partial charge on any atom is 0.309 e. The summed E-state index contributed by atoms with van der Waals surface area (Å²) in [6.07, 6.45) is -3.03. The van der Waals surface area contributed by atoms with Crippen molar-refractivity contribution in [3.8, 4) is 0 Å². The first-order valence-electron chi connectivity index (χ1n) is 15.0. The van der Waals surface area contributed by atoms with E-state index in [2.05, 4.69) is 5.10 Å². The van der Waals surface area contributed by atoms with Crippen LogP contribution in [0, 0.1) is 23.7 Å². The van der Waals surface area contributed by atoms with E-state index in [0.29, 0.717) is 31.4 Å². The van der Waals surface area contributed by atoms with Gasteiger partial charge in [-0.3, -0.25) is 4.79 Å². The number of hydrogen-bond donors (Lipinski definition) is 4. The molecule has 0 saturated carbocycles. The van der Waals surface area contributed by atoms with Crippen molar-refractivity contribution < 1.29 is 39.1 Å². The van der Waals surface area contributed by atoms with E-state index in [0.717, 1.165) is 0 Å². The number of methoxy groups -OCH3 is 1. The lowest BCUT2D eigenvalue weighted by atomic mass is 9.74. The van der Waals surface area contributed by atoms with Crippen LogP contribution in [0.3, 0.4) is 0 Å². The molecule has 4 unspecified atom stereocenters. The number of likely N-dealkylation sites (N-methyl/N-ethyl adjacent to an activating group) is 1. The van der Waals surface area contributed by atoms with Crippen LogP contribution in [0.1, 0.15) is 81.1 Å². The van der Waals surface area contributed by atoms with Crippen molar-refractivity contribution in [2.45, 2.75) is 135 Å². The Balaban J connectivity index is 2.58. The molecular formula is C30H57N3O8. The number of carbonyl (C=O) groups excluding carboxylic acids is 1. The number of hydrazone groups is 1. The van der Waals surface area contributed by atoms with Crippen LogP contribution in [0.25, 0.3) is 0 Å². The molecule has 41 heavy (non-hydrogen) atoms. The average molecular weight is 588 g/mol. The highest BCUT2D eigenvalue weighted by molar-refractivity contribution is 5.89. The van der Waals surface area contributed by atoms with E-state index in [4.69, 9.17) is 24.8 Å². The predicted molar refractivity (Wildman–Crippen MR) is 157 cm³/mol. The lowest BCUT2D eigenvalue weighted by Crippen LogP contribution is -2.59. The van der Waals surface area contributed by atoms with Gasteiger partial charge in [-0.25, -0.2) is 0 Å². The van der Waals surface area contributed by atoms with Crippen molar-refractivity contribution >= 4 is 11.7 Å². The Labute approximate surface area is 246 Å². The van der Waals surface area contributed by atoms with E-state index in [1.165, 1.54) is 6.92 Å². The number of ether oxygens (including phenoxy) is 4. The van der Waals surface area contributed by atoms with E-state index in [1.54, 1.807) is 27.9 Å². The summed E-state index contributed by atoms with van der Waals surface area (Å²) in [5.41, 5.74) is -2.17. The summed E-state index contributed by atoms with van der Waals surface area (Å²) in [5, 5.41) is 38.0. The number of nitrogens with two attached hydrogens (primary N) is 1. The van der Waals surface area contributed by atoms with Crippen LogP contribution >= 0.6 is 0 Å². The highest BCUT2D eigenvalue weighted by Crippen LogP contribution is 2.39. The Morgan fingerprint density at radius 3 is 2.22 bits per heavy atom. The van der Waals surface area contributed by atoms with Crippen molar-refractivity contribution in [1.29, 1.82) is 0 Å². The van der Waals surface area contributed by atoms with Gasteiger partial charge in [0.15, 0.2) is 6.29 Å². The molecule has 2 saturated heterocycles. The zero-order valence-corrected chi connectivity index (χ0v) is 27.0. The van der Waals surface area contributed by atoms with E-state index in [-0.39, 0.29) is 24.0 Å². The summed E-state index contributed by atoms with van der Waals surface area (Å²) in [7, 11) is 5.45. The van der Waals surface area contributed by atoms with Gasteiger partial charge in [-0.2, -0.15) is 5.10 Å². The van der Waals surface area contributed by atoms with Crippen molar-refractivity contribution in [1.82, 2.24) is 4.90 Å². The summed E-state index contributed by atoms with van der Waals surface area (Å²) in [5.74, 6) is 3.70. The fourth-order valence-corrected chi connectivity index (χ4v) is 6.91. The van der Waals surface area contributed by atoms with Gasteiger partial charge in [0.1, 0.15) is 17.8 Å². The molecule has 0 bridgehead atoms. The third-order valence-electron chi connectivity index (χ3n) is 9.46. The van der Waals surface area contributed by atoms with Crippen LogP contribution in [0.2, 0.25) is 0 Å². The van der Waals surface area contributed by atoms with Crippen LogP contribution in [0.4, 0.5) is 0 Å². The molecule has 0 radical (unpaired) electrons. The molecule has 0 spiro atoms. The van der Waals surface area contributed by atoms with Crippen molar-refractivity contribution in [2.24, 2.45) is 34.6 Å². The normalized spacial score (nSPS) is 46.8. The number of hydrogen-bond acceptors (Lipinski definition) is 11. The van der Waals surface area contributed by atoms with E-state index in [9.17, 15) is 20.1 Å². The minimum atomic E-state index is -1.74. The highest BCUT2D eigenvalue weighted by atomic mass is 16.7. The summed E-state index contributed by atoms with van der Waals surface area (Å²) in [6, 6.07) is -0.156. The fraction of sp³-hybridized carbons (Fsp3) is 0.933. The monoisotopic (exact) mass is 587 g/mol. The second kappa shape index (κ2) is 14.4. The van der Waals surface area contributed by atoms with Crippen molar-refractivity contribution in [3.05, 3.63) is 0 Å². The molecule has 2 aliphatic heterocycles. The summed E-state index contributed by atoms with van der Waals surface area (Å²) >= 11 is 0. The molecule has 11 nitrogen and oxygen atoms in total. The Hall–Kier alpha value is -1.34. The van der Waals surface area contributed by atoms with Gasteiger partial charge in [0.05, 0.1) is 29.8 Å². The molecule has 240 valence electrons. The standard InChI is InChI=1S/C30H57N3O8/c1-12-22-30(8,37)25(35)20(6)23(32-31)18(4)15-29(7,38-11)26(16(2)13-17(3)27(36)40-22)41-28-24(34)21(33(9)10)14-19(5)39-28/h16-22,24-26,28,34-35,37H,12-15,31H2,1-11H3/b32-23+/t16-,17+,18+,19?,20-,21?,22+,24?,25+,26+,28?,29+,30+/m0/s1. The van der Waals surface area contributed by atoms with Gasteiger partial charge in [0, 0.05) is 24.8 Å². The van der Waals surface area contributed by atoms with Crippen LogP contribution in [0.15, 0.2) is 5.10 Å². The molecule has 2 fully saturated rings. The van der Waals surface area contributed by atoms with Crippen LogP contribution in [0.5, 0.6) is 0 Å². The number of aliphatic hydroxyl groups excluding tert-OH is 2. The first kappa shape index (κ1) is 35.9. The second-order valence-electron chi connectivity index (χ2n) is 13.2. The van der Waals surface area contributed by atoms with Crippen LogP contribution < -0.4 is 5.84 Å². The summed E-state index contributed by atoms with van der Waals surface area (Å²) < 4.78 is 24.8. The molecule has 2 aliphatic rings. The van der Waals surface area contributed by atoms with Crippen LogP contribution in [-0.4, -0.2) is 107 Å². The fourth-order valence-electron chi connectivity index (χ4n) is 6.91. The molecule has 13 atom stereocenters. The highest BCUT2D eigenvalue weighted by Gasteiger charge is 2.49. The molecule has 0 amide bonds. The lowest BCUT2D eigenvalue weighted by molar-refractivity contribution is -0.297. The third-order valence-corrected chi connectivity index (χ3v) is 9.46. The Morgan fingerprint density at radius 2 is 1.71 bits per heavy atom. The molecule has 0 aromatic carbocycles. The zero-order valence-electron chi connectivity index (χ0n) is 27.0. The number of rotatable bonds is 5. The number of nitrogens with zero attached hydrogens (tertiary/aromatic N) is 2. The van der Waals surface area contributed by atoms with Crippen molar-refractivity contribution in [2.75, 3.05) is 21.2 Å². The lowest BCUT2D eigenvalue weighted by Gasteiger charge is -2.47. The Kier molecular flexibility index (Phi) is 12.6.